The second-order valence-corrected chi connectivity index (χ2v) is 19.9. The van der Waals surface area contributed by atoms with Crippen molar-refractivity contribution in [1.82, 2.24) is 0 Å². The number of carbonyl (C=O) groups excluding carboxylic acids is 2. The van der Waals surface area contributed by atoms with Crippen molar-refractivity contribution >= 4 is 17.9 Å². The van der Waals surface area contributed by atoms with Crippen molar-refractivity contribution in [2.45, 2.75) is 277 Å². The van der Waals surface area contributed by atoms with Crippen LogP contribution in [0.2, 0.25) is 0 Å². The predicted molar refractivity (Wildman–Crippen MR) is 268 cm³/mol. The Morgan fingerprint density at radius 2 is 0.797 bits per heavy atom. The minimum Gasteiger partial charge on any atom is -0.477 e. The Balaban J connectivity index is 4.17. The number of carboxylic acids is 1. The van der Waals surface area contributed by atoms with E-state index in [1.165, 1.54) is 180 Å². The molecule has 0 rings (SSSR count). The molecule has 2 unspecified atom stereocenters. The van der Waals surface area contributed by atoms with Crippen molar-refractivity contribution in [1.29, 1.82) is 0 Å². The summed E-state index contributed by atoms with van der Waals surface area (Å²) in [6.45, 7) is 4.90. The maximum atomic E-state index is 12.8. The van der Waals surface area contributed by atoms with E-state index in [4.69, 9.17) is 18.9 Å². The first kappa shape index (κ1) is 62.0. The summed E-state index contributed by atoms with van der Waals surface area (Å²) < 4.78 is 22.8. The molecular weight excluding hydrogens is 803 g/mol. The average Bonchev–Trinajstić information content (AvgIpc) is 3.26. The number of quaternary nitrogens is 1. The molecule has 9 heteroatoms. The number of unbranched alkanes of at least 4 members (excludes halogenated alkanes) is 34. The number of hydrogen-bond acceptors (Lipinski definition) is 7. The van der Waals surface area contributed by atoms with Gasteiger partial charge >= 0.3 is 17.9 Å². The molecule has 0 aromatic heterocycles. The quantitative estimate of drug-likeness (QED) is 0.0211. The number of rotatable bonds is 51. The standard InChI is InChI=1S/C55H105NO8/c1-6-8-10-12-14-16-18-20-22-23-24-25-26-27-28-29-30-31-32-34-35-37-39-41-43-45-52(57)62-49-51(50-63-55(54(59)60)61-48-47-56(3,4)5)64-53(58)46-44-42-40-38-36-33-21-19-17-15-13-11-9-7-2/h19,21,51,55H,6-18,20,22-50H2,1-5H3/p+1/b21-19-. The van der Waals surface area contributed by atoms with Crippen molar-refractivity contribution in [2.24, 2.45) is 0 Å². The zero-order chi connectivity index (χ0) is 47.0. The van der Waals surface area contributed by atoms with E-state index in [0.29, 0.717) is 23.9 Å². The molecule has 0 spiro atoms. The number of nitrogens with zero attached hydrogens (tertiary/aromatic N) is 1. The van der Waals surface area contributed by atoms with Crippen molar-refractivity contribution in [2.75, 3.05) is 47.5 Å². The number of carboxylic acid groups (broad SMARTS) is 1. The van der Waals surface area contributed by atoms with Gasteiger partial charge in [0, 0.05) is 12.8 Å². The third kappa shape index (κ3) is 48.0. The molecule has 2 atom stereocenters. The topological polar surface area (TPSA) is 108 Å². The van der Waals surface area contributed by atoms with Crippen LogP contribution >= 0.6 is 0 Å². The Bertz CT molecular complexity index is 1060. The molecule has 1 N–H and O–H groups in total. The molecule has 0 aliphatic carbocycles. The molecule has 378 valence electrons. The fraction of sp³-hybridized carbons (Fsp3) is 0.909. The molecule has 0 aliphatic rings. The zero-order valence-electron chi connectivity index (χ0n) is 43.0. The lowest BCUT2D eigenvalue weighted by Gasteiger charge is -2.25. The summed E-state index contributed by atoms with van der Waals surface area (Å²) in [5.74, 6) is -2.00. The van der Waals surface area contributed by atoms with E-state index in [2.05, 4.69) is 26.0 Å². The van der Waals surface area contributed by atoms with Gasteiger partial charge in [0.1, 0.15) is 13.2 Å². The molecule has 0 saturated carbocycles. The summed E-state index contributed by atoms with van der Waals surface area (Å²) in [4.78, 5) is 37.3. The highest BCUT2D eigenvalue weighted by Gasteiger charge is 2.25. The Morgan fingerprint density at radius 1 is 0.453 bits per heavy atom. The summed E-state index contributed by atoms with van der Waals surface area (Å²) in [7, 11) is 5.97. The minimum atomic E-state index is -1.51. The van der Waals surface area contributed by atoms with Gasteiger partial charge in [-0.25, -0.2) is 4.79 Å². The second kappa shape index (κ2) is 47.5. The maximum absolute atomic E-state index is 12.8. The van der Waals surface area contributed by atoms with E-state index in [1.54, 1.807) is 0 Å². The smallest absolute Gasteiger partial charge is 0.361 e. The van der Waals surface area contributed by atoms with Crippen LogP contribution in [0, 0.1) is 0 Å². The zero-order valence-corrected chi connectivity index (χ0v) is 43.0. The van der Waals surface area contributed by atoms with Crippen LogP contribution < -0.4 is 0 Å². The van der Waals surface area contributed by atoms with E-state index in [0.717, 1.165) is 51.4 Å². The lowest BCUT2D eigenvalue weighted by Crippen LogP contribution is -2.40. The van der Waals surface area contributed by atoms with Crippen LogP contribution in [0.3, 0.4) is 0 Å². The van der Waals surface area contributed by atoms with E-state index in [-0.39, 0.29) is 32.2 Å². The van der Waals surface area contributed by atoms with E-state index < -0.39 is 24.3 Å². The van der Waals surface area contributed by atoms with Crippen molar-refractivity contribution in [3.63, 3.8) is 0 Å². The van der Waals surface area contributed by atoms with E-state index >= 15 is 0 Å². The van der Waals surface area contributed by atoms with Gasteiger partial charge in [-0.05, 0) is 38.5 Å². The number of hydrogen-bond donors (Lipinski definition) is 1. The average molecular weight is 909 g/mol. The highest BCUT2D eigenvalue weighted by molar-refractivity contribution is 5.71. The number of aliphatic carboxylic acids is 1. The van der Waals surface area contributed by atoms with E-state index in [9.17, 15) is 19.5 Å². The SMILES string of the molecule is CCCCCCC/C=C\CCCCCCCC(=O)OC(COC(=O)CCCCCCCCCCCCCCCCCCCCCCCCCCC)COC(OCC[N+](C)(C)C)C(=O)O. The monoisotopic (exact) mass is 909 g/mol. The number of ether oxygens (including phenoxy) is 4. The molecule has 0 radical (unpaired) electrons. The third-order valence-corrected chi connectivity index (χ3v) is 12.3. The number of esters is 2. The predicted octanol–water partition coefficient (Wildman–Crippen LogP) is 15.4. The molecule has 0 aromatic carbocycles. The molecule has 0 fully saturated rings. The molecule has 9 nitrogen and oxygen atoms in total. The van der Waals surface area contributed by atoms with Crippen molar-refractivity contribution in [3.05, 3.63) is 12.2 Å². The Labute approximate surface area is 395 Å². The Morgan fingerprint density at radius 3 is 1.16 bits per heavy atom. The van der Waals surface area contributed by atoms with Gasteiger partial charge in [-0.3, -0.25) is 9.59 Å². The van der Waals surface area contributed by atoms with Crippen molar-refractivity contribution in [3.8, 4) is 0 Å². The number of allylic oxidation sites excluding steroid dienone is 2. The van der Waals surface area contributed by atoms with Crippen LogP contribution in [0.25, 0.3) is 0 Å². The van der Waals surface area contributed by atoms with Gasteiger partial charge in [-0.15, -0.1) is 0 Å². The lowest BCUT2D eigenvalue weighted by atomic mass is 10.0. The lowest BCUT2D eigenvalue weighted by molar-refractivity contribution is -0.870. The molecular formula is C55H106NO8+. The Kier molecular flexibility index (Phi) is 46.1. The second-order valence-electron chi connectivity index (χ2n) is 19.9. The summed E-state index contributed by atoms with van der Waals surface area (Å²) in [6, 6.07) is 0. The van der Waals surface area contributed by atoms with Gasteiger partial charge < -0.3 is 28.5 Å². The van der Waals surface area contributed by atoms with Crippen LogP contribution in [0.15, 0.2) is 12.2 Å². The Hall–Kier alpha value is -1.97. The molecule has 0 amide bonds. The van der Waals surface area contributed by atoms with Crippen molar-refractivity contribution < 1.29 is 42.9 Å². The fourth-order valence-corrected chi connectivity index (χ4v) is 8.01. The molecule has 0 heterocycles. The van der Waals surface area contributed by atoms with Gasteiger partial charge in [0.25, 0.3) is 6.29 Å². The number of likely N-dealkylation sites (N-methyl/N-ethyl adjacent to an activating group) is 1. The molecule has 0 aliphatic heterocycles. The first-order valence-electron chi connectivity index (χ1n) is 27.4. The van der Waals surface area contributed by atoms with Crippen LogP contribution in [0.1, 0.15) is 264 Å². The minimum absolute atomic E-state index is 0.179. The molecule has 0 aromatic rings. The van der Waals surface area contributed by atoms with Gasteiger partial charge in [0.05, 0.1) is 34.4 Å². The number of carbonyl (C=O) groups is 3. The maximum Gasteiger partial charge on any atom is 0.361 e. The highest BCUT2D eigenvalue weighted by Crippen LogP contribution is 2.17. The molecule has 64 heavy (non-hydrogen) atoms. The highest BCUT2D eigenvalue weighted by atomic mass is 16.7. The van der Waals surface area contributed by atoms with Crippen LogP contribution in [0.4, 0.5) is 0 Å². The van der Waals surface area contributed by atoms with Crippen LogP contribution in [0.5, 0.6) is 0 Å². The normalized spacial score (nSPS) is 12.8. The van der Waals surface area contributed by atoms with Crippen LogP contribution in [-0.2, 0) is 33.3 Å². The summed E-state index contributed by atoms with van der Waals surface area (Å²) >= 11 is 0. The summed E-state index contributed by atoms with van der Waals surface area (Å²) in [6.07, 6.45) is 50.0. The van der Waals surface area contributed by atoms with Crippen LogP contribution in [-0.4, -0.2) is 87.4 Å². The molecule has 0 bridgehead atoms. The third-order valence-electron chi connectivity index (χ3n) is 12.3. The van der Waals surface area contributed by atoms with Gasteiger partial charge in [0.15, 0.2) is 6.10 Å². The largest absolute Gasteiger partial charge is 0.477 e. The summed E-state index contributed by atoms with van der Waals surface area (Å²) in [5, 5.41) is 9.67. The summed E-state index contributed by atoms with van der Waals surface area (Å²) in [5.41, 5.74) is 0. The molecule has 0 saturated heterocycles. The first-order chi connectivity index (χ1) is 31.1. The van der Waals surface area contributed by atoms with E-state index in [1.807, 2.05) is 21.1 Å². The van der Waals surface area contributed by atoms with Gasteiger partial charge in [0.2, 0.25) is 0 Å². The van der Waals surface area contributed by atoms with Gasteiger partial charge in [-0.1, -0.05) is 225 Å². The van der Waals surface area contributed by atoms with Gasteiger partial charge in [-0.2, -0.15) is 0 Å². The fourth-order valence-electron chi connectivity index (χ4n) is 8.01. The first-order valence-corrected chi connectivity index (χ1v) is 27.4.